The van der Waals surface area contributed by atoms with Gasteiger partial charge >= 0.3 is 0 Å². The third-order valence-electron chi connectivity index (χ3n) is 4.26. The lowest BCUT2D eigenvalue weighted by atomic mass is 10.1. The van der Waals surface area contributed by atoms with Crippen LogP contribution in [0.3, 0.4) is 0 Å². The Labute approximate surface area is 161 Å². The van der Waals surface area contributed by atoms with Crippen molar-refractivity contribution in [1.82, 2.24) is 9.97 Å². The fourth-order valence-electron chi connectivity index (χ4n) is 2.93. The fourth-order valence-corrected chi connectivity index (χ4v) is 3.12. The van der Waals surface area contributed by atoms with Gasteiger partial charge in [-0.15, -0.1) is 0 Å². The number of carbonyl (C=O) groups is 1. The van der Waals surface area contributed by atoms with E-state index in [-0.39, 0.29) is 5.56 Å². The van der Waals surface area contributed by atoms with E-state index in [1.807, 2.05) is 54.6 Å². The Bertz CT molecular complexity index is 1100. The van der Waals surface area contributed by atoms with Crippen molar-refractivity contribution in [3.63, 3.8) is 0 Å². The third-order valence-corrected chi connectivity index (χ3v) is 4.49. The predicted molar refractivity (Wildman–Crippen MR) is 104 cm³/mol. The van der Waals surface area contributed by atoms with Crippen LogP contribution in [0.15, 0.2) is 78.9 Å². The van der Waals surface area contributed by atoms with E-state index in [4.69, 9.17) is 16.6 Å². The minimum Gasteiger partial charge on any atom is -0.545 e. The average Bonchev–Trinajstić information content (AvgIpc) is 3.14. The van der Waals surface area contributed by atoms with E-state index in [9.17, 15) is 9.90 Å². The number of carboxylic acids is 1. The second-order valence-electron chi connectivity index (χ2n) is 6.05. The van der Waals surface area contributed by atoms with Crippen molar-refractivity contribution in [1.29, 1.82) is 0 Å². The van der Waals surface area contributed by atoms with Crippen LogP contribution >= 0.6 is 11.6 Å². The van der Waals surface area contributed by atoms with Crippen molar-refractivity contribution in [3.8, 4) is 33.9 Å². The molecule has 5 heteroatoms. The Balaban J connectivity index is 1.86. The molecule has 4 rings (SSSR count). The first-order valence-electron chi connectivity index (χ1n) is 8.35. The zero-order valence-corrected chi connectivity index (χ0v) is 14.9. The number of imidazole rings is 1. The maximum atomic E-state index is 11.0. The van der Waals surface area contributed by atoms with Gasteiger partial charge in [0.05, 0.1) is 17.4 Å². The highest BCUT2D eigenvalue weighted by molar-refractivity contribution is 6.30. The van der Waals surface area contributed by atoms with Gasteiger partial charge in [-0.25, -0.2) is 4.98 Å². The second kappa shape index (κ2) is 7.09. The molecule has 3 aromatic carbocycles. The molecule has 0 bridgehead atoms. The Morgan fingerprint density at radius 3 is 2.22 bits per heavy atom. The Morgan fingerprint density at radius 1 is 0.852 bits per heavy atom. The standard InChI is InChI=1S/C22H15ClN2O2/c23-18-8-4-7-17(13-18)20-19(14-5-2-1-3-6-14)24-21(25-20)15-9-11-16(12-10-15)22(26)27/h1-13H,(H,24,25)(H,26,27)/p-1. The quantitative estimate of drug-likeness (QED) is 0.575. The topological polar surface area (TPSA) is 68.8 Å². The van der Waals surface area contributed by atoms with E-state index in [1.54, 1.807) is 12.1 Å². The number of H-pyrrole nitrogens is 1. The van der Waals surface area contributed by atoms with Crippen molar-refractivity contribution in [2.45, 2.75) is 0 Å². The minimum absolute atomic E-state index is 0.128. The van der Waals surface area contributed by atoms with Gasteiger partial charge in [-0.2, -0.15) is 0 Å². The predicted octanol–water partition coefficient (Wildman–Crippen LogP) is 4.43. The lowest BCUT2D eigenvalue weighted by molar-refractivity contribution is -0.255. The van der Waals surface area contributed by atoms with Crippen LogP contribution in [-0.4, -0.2) is 15.9 Å². The number of rotatable bonds is 4. The van der Waals surface area contributed by atoms with Gasteiger partial charge in [0.2, 0.25) is 0 Å². The second-order valence-corrected chi connectivity index (χ2v) is 6.49. The summed E-state index contributed by atoms with van der Waals surface area (Å²) in [5.74, 6) is -0.556. The summed E-state index contributed by atoms with van der Waals surface area (Å²) in [5.41, 5.74) is 4.46. The lowest BCUT2D eigenvalue weighted by Crippen LogP contribution is -2.21. The van der Waals surface area contributed by atoms with Crippen molar-refractivity contribution in [2.24, 2.45) is 0 Å². The highest BCUT2D eigenvalue weighted by atomic mass is 35.5. The molecule has 4 aromatic rings. The first kappa shape index (κ1) is 17.1. The molecule has 1 aromatic heterocycles. The number of nitrogens with zero attached hydrogens (tertiary/aromatic N) is 1. The normalized spacial score (nSPS) is 10.7. The van der Waals surface area contributed by atoms with Crippen molar-refractivity contribution < 1.29 is 9.90 Å². The first-order chi connectivity index (χ1) is 13.1. The largest absolute Gasteiger partial charge is 0.545 e. The molecule has 0 atom stereocenters. The summed E-state index contributed by atoms with van der Waals surface area (Å²) in [7, 11) is 0. The molecule has 0 radical (unpaired) electrons. The summed E-state index contributed by atoms with van der Waals surface area (Å²) in [6.45, 7) is 0. The highest BCUT2D eigenvalue weighted by Crippen LogP contribution is 2.33. The molecule has 0 aliphatic carbocycles. The number of halogens is 1. The number of aromatic nitrogens is 2. The number of carbonyl (C=O) groups excluding carboxylic acids is 1. The Kier molecular flexibility index (Phi) is 4.48. The zero-order chi connectivity index (χ0) is 18.8. The summed E-state index contributed by atoms with van der Waals surface area (Å²) in [5, 5.41) is 11.6. The Morgan fingerprint density at radius 2 is 1.56 bits per heavy atom. The highest BCUT2D eigenvalue weighted by Gasteiger charge is 2.15. The van der Waals surface area contributed by atoms with Gasteiger partial charge < -0.3 is 14.9 Å². The van der Waals surface area contributed by atoms with E-state index < -0.39 is 5.97 Å². The lowest BCUT2D eigenvalue weighted by Gasteiger charge is -2.03. The molecular formula is C22H14ClN2O2-. The van der Waals surface area contributed by atoms with Gasteiger partial charge in [0, 0.05) is 21.7 Å². The molecule has 1 N–H and O–H groups in total. The molecule has 0 spiro atoms. The van der Waals surface area contributed by atoms with Crippen LogP contribution in [0.2, 0.25) is 5.02 Å². The smallest absolute Gasteiger partial charge is 0.138 e. The summed E-state index contributed by atoms with van der Waals surface area (Å²) in [6, 6.07) is 23.9. The van der Waals surface area contributed by atoms with Gasteiger partial charge in [-0.05, 0) is 17.7 Å². The van der Waals surface area contributed by atoms with E-state index >= 15 is 0 Å². The van der Waals surface area contributed by atoms with E-state index in [0.29, 0.717) is 10.8 Å². The summed E-state index contributed by atoms with van der Waals surface area (Å²) in [4.78, 5) is 19.1. The van der Waals surface area contributed by atoms with Crippen LogP contribution in [0.5, 0.6) is 0 Å². The van der Waals surface area contributed by atoms with Gasteiger partial charge in [-0.3, -0.25) is 0 Å². The SMILES string of the molecule is O=C([O-])c1ccc(-c2nc(-c3cccc(Cl)c3)c(-c3ccccc3)[nH]2)cc1. The number of carboxylic acid groups (broad SMARTS) is 1. The van der Waals surface area contributed by atoms with Crippen molar-refractivity contribution in [3.05, 3.63) is 89.4 Å². The summed E-state index contributed by atoms with van der Waals surface area (Å²) < 4.78 is 0. The molecule has 0 unspecified atom stereocenters. The number of aromatic amines is 1. The van der Waals surface area contributed by atoms with Crippen LogP contribution < -0.4 is 5.11 Å². The first-order valence-corrected chi connectivity index (χ1v) is 8.73. The molecule has 4 nitrogen and oxygen atoms in total. The van der Waals surface area contributed by atoms with Gasteiger partial charge in [0.1, 0.15) is 5.82 Å². The van der Waals surface area contributed by atoms with Gasteiger partial charge in [0.15, 0.2) is 0 Å². The molecule has 0 amide bonds. The van der Waals surface area contributed by atoms with Crippen LogP contribution in [0.1, 0.15) is 10.4 Å². The molecule has 0 aliphatic heterocycles. The number of benzene rings is 3. The zero-order valence-electron chi connectivity index (χ0n) is 14.1. The molecular weight excluding hydrogens is 360 g/mol. The number of hydrogen-bond donors (Lipinski definition) is 1. The molecule has 0 saturated heterocycles. The molecule has 132 valence electrons. The van der Waals surface area contributed by atoms with Crippen LogP contribution in [0.25, 0.3) is 33.9 Å². The van der Waals surface area contributed by atoms with Crippen LogP contribution in [-0.2, 0) is 0 Å². The van der Waals surface area contributed by atoms with Gasteiger partial charge in [-0.1, -0.05) is 78.3 Å². The van der Waals surface area contributed by atoms with E-state index in [1.165, 1.54) is 12.1 Å². The molecule has 27 heavy (non-hydrogen) atoms. The number of hydrogen-bond acceptors (Lipinski definition) is 3. The number of nitrogens with one attached hydrogen (secondary N) is 1. The van der Waals surface area contributed by atoms with E-state index in [2.05, 4.69) is 4.98 Å². The summed E-state index contributed by atoms with van der Waals surface area (Å²) in [6.07, 6.45) is 0. The molecule has 0 fully saturated rings. The summed E-state index contributed by atoms with van der Waals surface area (Å²) >= 11 is 6.16. The average molecular weight is 374 g/mol. The van der Waals surface area contributed by atoms with E-state index in [0.717, 1.165) is 28.1 Å². The fraction of sp³-hybridized carbons (Fsp3) is 0. The monoisotopic (exact) mass is 373 g/mol. The minimum atomic E-state index is -1.20. The van der Waals surface area contributed by atoms with Crippen molar-refractivity contribution >= 4 is 17.6 Å². The Hall–Kier alpha value is -3.37. The molecule has 0 saturated carbocycles. The molecule has 0 aliphatic rings. The maximum absolute atomic E-state index is 11.0. The third kappa shape index (κ3) is 3.48. The molecule has 1 heterocycles. The maximum Gasteiger partial charge on any atom is 0.138 e. The van der Waals surface area contributed by atoms with Gasteiger partial charge in [0.25, 0.3) is 0 Å². The van der Waals surface area contributed by atoms with Crippen LogP contribution in [0, 0.1) is 0 Å². The van der Waals surface area contributed by atoms with Crippen molar-refractivity contribution in [2.75, 3.05) is 0 Å². The number of aromatic carboxylic acids is 1. The van der Waals surface area contributed by atoms with Crippen LogP contribution in [0.4, 0.5) is 0 Å².